The van der Waals surface area contributed by atoms with Crippen LogP contribution in [0.25, 0.3) is 0 Å². The van der Waals surface area contributed by atoms with Crippen molar-refractivity contribution in [3.05, 3.63) is 65.2 Å². The number of aryl methyl sites for hydroxylation is 1. The van der Waals surface area contributed by atoms with Gasteiger partial charge in [-0.05, 0) is 104 Å². The Labute approximate surface area is 201 Å². The maximum absolute atomic E-state index is 12.6. The van der Waals surface area contributed by atoms with Crippen LogP contribution in [0, 0.1) is 17.8 Å². The highest BCUT2D eigenvalue weighted by Crippen LogP contribution is 2.44. The lowest BCUT2D eigenvalue weighted by molar-refractivity contribution is 0.0734. The van der Waals surface area contributed by atoms with Crippen LogP contribution in [0.5, 0.6) is 5.75 Å². The van der Waals surface area contributed by atoms with Crippen LogP contribution in [0.4, 0.5) is 0 Å². The molecule has 0 amide bonds. The summed E-state index contributed by atoms with van der Waals surface area (Å²) in [6.07, 6.45) is 16.2. The first kappa shape index (κ1) is 24.0. The van der Waals surface area contributed by atoms with E-state index in [0.717, 1.165) is 30.6 Å². The van der Waals surface area contributed by atoms with Gasteiger partial charge in [-0.1, -0.05) is 70.2 Å². The largest absolute Gasteiger partial charge is 0.423 e. The molecule has 2 aromatic rings. The predicted octanol–water partition coefficient (Wildman–Crippen LogP) is 8.74. The van der Waals surface area contributed by atoms with Gasteiger partial charge in [0, 0.05) is 0 Å². The quantitative estimate of drug-likeness (QED) is 0.299. The van der Waals surface area contributed by atoms with Gasteiger partial charge in [-0.25, -0.2) is 4.79 Å². The van der Waals surface area contributed by atoms with Gasteiger partial charge in [-0.2, -0.15) is 0 Å². The molecule has 0 spiro atoms. The molecule has 0 unspecified atom stereocenters. The second-order valence-corrected chi connectivity index (χ2v) is 10.6. The monoisotopic (exact) mass is 446 g/mol. The lowest BCUT2D eigenvalue weighted by Gasteiger charge is -2.38. The molecule has 2 aliphatic rings. The van der Waals surface area contributed by atoms with Gasteiger partial charge >= 0.3 is 5.97 Å². The first-order valence-corrected chi connectivity index (χ1v) is 13.6. The van der Waals surface area contributed by atoms with Gasteiger partial charge in [-0.3, -0.25) is 0 Å². The number of ether oxygens (including phenoxy) is 1. The van der Waals surface area contributed by atoms with E-state index in [4.69, 9.17) is 4.74 Å². The summed E-state index contributed by atoms with van der Waals surface area (Å²) >= 11 is 0. The molecule has 2 heteroatoms. The average Bonchev–Trinajstić information content (AvgIpc) is 2.86. The molecule has 4 rings (SSSR count). The summed E-state index contributed by atoms with van der Waals surface area (Å²) in [4.78, 5) is 12.6. The zero-order valence-electron chi connectivity index (χ0n) is 20.7. The average molecular weight is 447 g/mol. The van der Waals surface area contributed by atoms with E-state index in [-0.39, 0.29) is 5.97 Å². The minimum atomic E-state index is -0.271. The van der Waals surface area contributed by atoms with Crippen molar-refractivity contribution in [1.82, 2.24) is 0 Å². The molecule has 0 bridgehead atoms. The predicted molar refractivity (Wildman–Crippen MR) is 137 cm³/mol. The van der Waals surface area contributed by atoms with Crippen LogP contribution in [0.15, 0.2) is 48.5 Å². The summed E-state index contributed by atoms with van der Waals surface area (Å²) in [6, 6.07) is 16.1. The van der Waals surface area contributed by atoms with E-state index >= 15 is 0 Å². The van der Waals surface area contributed by atoms with Crippen molar-refractivity contribution in [1.29, 1.82) is 0 Å². The fraction of sp³-hybridized carbons (Fsp3) is 0.581. The van der Waals surface area contributed by atoms with Gasteiger partial charge in [-0.15, -0.1) is 0 Å². The minimum absolute atomic E-state index is 0.271. The smallest absolute Gasteiger partial charge is 0.343 e. The number of carbonyl (C=O) groups is 1. The molecule has 0 atom stereocenters. The van der Waals surface area contributed by atoms with Gasteiger partial charge in [0.25, 0.3) is 0 Å². The highest BCUT2D eigenvalue weighted by molar-refractivity contribution is 5.91. The van der Waals surface area contributed by atoms with Crippen LogP contribution in [0.3, 0.4) is 0 Å². The number of carbonyl (C=O) groups excluding carboxylic acids is 1. The molecule has 0 N–H and O–H groups in total. The van der Waals surface area contributed by atoms with Crippen molar-refractivity contribution in [3.63, 3.8) is 0 Å². The first-order valence-electron chi connectivity index (χ1n) is 13.6. The molecule has 0 radical (unpaired) electrons. The molecule has 2 fully saturated rings. The Morgan fingerprint density at radius 3 is 1.94 bits per heavy atom. The molecule has 0 saturated heterocycles. The van der Waals surface area contributed by atoms with Crippen molar-refractivity contribution < 1.29 is 9.53 Å². The molecular formula is C31H42O2. The number of esters is 1. The Bertz CT molecular complexity index is 851. The second-order valence-electron chi connectivity index (χ2n) is 10.6. The molecule has 0 aliphatic heterocycles. The molecule has 2 aliphatic carbocycles. The van der Waals surface area contributed by atoms with E-state index in [1.54, 1.807) is 0 Å². The van der Waals surface area contributed by atoms with Gasteiger partial charge in [0.05, 0.1) is 5.56 Å². The van der Waals surface area contributed by atoms with Crippen molar-refractivity contribution in [2.75, 3.05) is 0 Å². The van der Waals surface area contributed by atoms with E-state index < -0.39 is 0 Å². The molecule has 0 aromatic heterocycles. The Balaban J connectivity index is 1.25. The van der Waals surface area contributed by atoms with Crippen LogP contribution in [0.2, 0.25) is 0 Å². The number of rotatable bonds is 8. The molecule has 0 heterocycles. The summed E-state index contributed by atoms with van der Waals surface area (Å²) in [5.41, 5.74) is 3.30. The zero-order chi connectivity index (χ0) is 23.0. The van der Waals surface area contributed by atoms with Crippen LogP contribution in [0.1, 0.15) is 112 Å². The normalized spacial score (nSPS) is 25.5. The third-order valence-electron chi connectivity index (χ3n) is 8.32. The molecular weight excluding hydrogens is 404 g/mol. The van der Waals surface area contributed by atoms with Crippen LogP contribution < -0.4 is 4.74 Å². The number of hydrogen-bond donors (Lipinski definition) is 0. The van der Waals surface area contributed by atoms with Crippen LogP contribution in [-0.2, 0) is 6.42 Å². The Kier molecular flexibility index (Phi) is 8.64. The summed E-state index contributed by atoms with van der Waals surface area (Å²) < 4.78 is 5.58. The highest BCUT2D eigenvalue weighted by atomic mass is 16.5. The number of hydrogen-bond acceptors (Lipinski definition) is 2. The van der Waals surface area contributed by atoms with Crippen molar-refractivity contribution in [2.24, 2.45) is 17.8 Å². The van der Waals surface area contributed by atoms with Crippen molar-refractivity contribution in [2.45, 2.75) is 96.8 Å². The Morgan fingerprint density at radius 2 is 1.36 bits per heavy atom. The lowest BCUT2D eigenvalue weighted by Crippen LogP contribution is -2.25. The zero-order valence-corrected chi connectivity index (χ0v) is 20.7. The van der Waals surface area contributed by atoms with Gasteiger partial charge < -0.3 is 4.74 Å². The highest BCUT2D eigenvalue weighted by Gasteiger charge is 2.31. The second kappa shape index (κ2) is 11.9. The van der Waals surface area contributed by atoms with E-state index in [9.17, 15) is 4.79 Å². The molecule has 33 heavy (non-hydrogen) atoms. The van der Waals surface area contributed by atoms with Crippen LogP contribution in [-0.4, -0.2) is 5.97 Å². The van der Waals surface area contributed by atoms with E-state index in [0.29, 0.717) is 17.2 Å². The molecule has 2 aromatic carbocycles. The topological polar surface area (TPSA) is 26.3 Å². The third kappa shape index (κ3) is 6.49. The summed E-state index contributed by atoms with van der Waals surface area (Å²) in [6.45, 7) is 4.50. The Hall–Kier alpha value is -2.09. The Morgan fingerprint density at radius 1 is 0.758 bits per heavy atom. The van der Waals surface area contributed by atoms with E-state index in [2.05, 4.69) is 26.0 Å². The summed E-state index contributed by atoms with van der Waals surface area (Å²) in [5, 5.41) is 0. The van der Waals surface area contributed by atoms with Gasteiger partial charge in [0.15, 0.2) is 0 Å². The maximum Gasteiger partial charge on any atom is 0.343 e. The van der Waals surface area contributed by atoms with Crippen molar-refractivity contribution >= 4 is 5.97 Å². The molecule has 2 saturated carbocycles. The fourth-order valence-corrected chi connectivity index (χ4v) is 6.35. The third-order valence-corrected chi connectivity index (χ3v) is 8.32. The summed E-state index contributed by atoms with van der Waals surface area (Å²) in [5.74, 6) is 3.93. The summed E-state index contributed by atoms with van der Waals surface area (Å²) in [7, 11) is 0. The van der Waals surface area contributed by atoms with Crippen LogP contribution >= 0.6 is 0 Å². The van der Waals surface area contributed by atoms with E-state index in [1.165, 1.54) is 75.3 Å². The van der Waals surface area contributed by atoms with Crippen molar-refractivity contribution in [3.8, 4) is 5.75 Å². The van der Waals surface area contributed by atoms with E-state index in [1.807, 2.05) is 36.4 Å². The maximum atomic E-state index is 12.6. The fourth-order valence-electron chi connectivity index (χ4n) is 6.35. The first-order chi connectivity index (χ1) is 16.2. The van der Waals surface area contributed by atoms with Gasteiger partial charge in [0.1, 0.15) is 5.75 Å². The minimum Gasteiger partial charge on any atom is -0.423 e. The molecule has 2 nitrogen and oxygen atoms in total. The van der Waals surface area contributed by atoms with Gasteiger partial charge in [0.2, 0.25) is 0 Å². The SMILES string of the molecule is CCCc1ccc(OC(=O)c2ccc(C3CCC([C@H]4CC[C@H](CCC)CC4)CC3)cc2)cc1. The standard InChI is InChI=1S/C31H42O2/c1-3-5-23-7-11-25(12-8-23)26-13-15-27(16-14-26)28-17-19-29(20-18-28)31(32)33-30-21-9-24(6-4-2)10-22-30/h9-10,17-23,25-27H,3-8,11-16H2,1-2H3/t23-,25-,26?,27?. The lowest BCUT2D eigenvalue weighted by atomic mass is 9.68. The number of benzene rings is 2. The molecule has 178 valence electrons.